The molecule has 0 unspecified atom stereocenters. The van der Waals surface area contributed by atoms with Gasteiger partial charge in [0.1, 0.15) is 0 Å². The van der Waals surface area contributed by atoms with E-state index in [0.29, 0.717) is 11.3 Å². The van der Waals surface area contributed by atoms with Crippen molar-refractivity contribution in [3.8, 4) is 11.1 Å². The third-order valence-electron chi connectivity index (χ3n) is 5.85. The van der Waals surface area contributed by atoms with Crippen molar-refractivity contribution in [3.05, 3.63) is 78.2 Å². The summed E-state index contributed by atoms with van der Waals surface area (Å²) in [4.78, 5) is 41.2. The average Bonchev–Trinajstić information content (AvgIpc) is 3.37. The molecule has 0 N–H and O–H groups in total. The van der Waals surface area contributed by atoms with Gasteiger partial charge in [0.25, 0.3) is 0 Å². The number of rotatable bonds is 6. The third kappa shape index (κ3) is 3.86. The normalized spacial score (nSPS) is 18.5. The molecule has 1 atom stereocenters. The minimum atomic E-state index is -1.21. The first kappa shape index (κ1) is 20.5. The van der Waals surface area contributed by atoms with Crippen molar-refractivity contribution in [1.82, 2.24) is 15.0 Å². The van der Waals surface area contributed by atoms with Crippen LogP contribution in [0, 0.1) is 0 Å². The van der Waals surface area contributed by atoms with Crippen LogP contribution in [0.1, 0.15) is 24.2 Å². The fraction of sp³-hybridized carbons (Fsp3) is 0.250. The zero-order valence-corrected chi connectivity index (χ0v) is 17.4. The quantitative estimate of drug-likeness (QED) is 0.576. The molecule has 31 heavy (non-hydrogen) atoms. The Balaban J connectivity index is 1.64. The van der Waals surface area contributed by atoms with Gasteiger partial charge in [-0.1, -0.05) is 59.8 Å². The lowest BCUT2D eigenvalue weighted by molar-refractivity contribution is -0.141. The highest BCUT2D eigenvalue weighted by molar-refractivity contribution is 6.10. The molecular formula is C24H23N3O4. The molecule has 1 fully saturated rings. The van der Waals surface area contributed by atoms with Crippen molar-refractivity contribution in [2.75, 3.05) is 14.1 Å². The van der Waals surface area contributed by atoms with E-state index in [4.69, 9.17) is 4.52 Å². The standard InChI is InChI=1S/C24H23N3O4/c1-26(16-20-12-13-25-31-20)21(28)14-24(15-22(29)27(2)23(24)30)19-10-8-18(9-11-19)17-6-4-3-5-7-17/h3-13H,14-16H2,1-2H3/t24-/m1/s1. The summed E-state index contributed by atoms with van der Waals surface area (Å²) in [7, 11) is 3.11. The van der Waals surface area contributed by atoms with Crippen molar-refractivity contribution in [3.63, 3.8) is 0 Å². The minimum absolute atomic E-state index is 0.0328. The third-order valence-corrected chi connectivity index (χ3v) is 5.85. The molecule has 1 saturated heterocycles. The van der Waals surface area contributed by atoms with Gasteiger partial charge in [-0.05, 0) is 16.7 Å². The molecule has 0 spiro atoms. The zero-order chi connectivity index (χ0) is 22.0. The van der Waals surface area contributed by atoms with E-state index >= 15 is 0 Å². The van der Waals surface area contributed by atoms with Gasteiger partial charge in [-0.3, -0.25) is 19.3 Å². The van der Waals surface area contributed by atoms with Gasteiger partial charge in [-0.25, -0.2) is 0 Å². The van der Waals surface area contributed by atoms with Crippen LogP contribution in [0.2, 0.25) is 0 Å². The van der Waals surface area contributed by atoms with E-state index in [2.05, 4.69) is 5.16 Å². The molecule has 4 rings (SSSR count). The molecule has 1 aliphatic heterocycles. The topological polar surface area (TPSA) is 83.7 Å². The van der Waals surface area contributed by atoms with Crippen LogP contribution in [-0.2, 0) is 26.3 Å². The lowest BCUT2D eigenvalue weighted by atomic mass is 9.75. The molecule has 2 aromatic carbocycles. The van der Waals surface area contributed by atoms with E-state index in [1.54, 1.807) is 13.1 Å². The van der Waals surface area contributed by atoms with Crippen LogP contribution in [0.25, 0.3) is 11.1 Å². The maximum atomic E-state index is 13.2. The summed E-state index contributed by atoms with van der Waals surface area (Å²) >= 11 is 0. The number of imide groups is 1. The van der Waals surface area contributed by atoms with Crippen molar-refractivity contribution in [2.24, 2.45) is 0 Å². The Morgan fingerprint density at radius 2 is 1.74 bits per heavy atom. The van der Waals surface area contributed by atoms with E-state index in [0.717, 1.165) is 16.0 Å². The van der Waals surface area contributed by atoms with Crippen LogP contribution in [0.4, 0.5) is 0 Å². The molecule has 158 valence electrons. The maximum absolute atomic E-state index is 13.2. The maximum Gasteiger partial charge on any atom is 0.240 e. The van der Waals surface area contributed by atoms with Gasteiger partial charge < -0.3 is 9.42 Å². The van der Waals surface area contributed by atoms with Gasteiger partial charge in [0.2, 0.25) is 17.7 Å². The Labute approximate surface area is 180 Å². The van der Waals surface area contributed by atoms with E-state index < -0.39 is 5.41 Å². The molecule has 1 aromatic heterocycles. The molecule has 3 aromatic rings. The highest BCUT2D eigenvalue weighted by Crippen LogP contribution is 2.40. The first-order chi connectivity index (χ1) is 14.9. The number of carbonyl (C=O) groups is 3. The van der Waals surface area contributed by atoms with Crippen LogP contribution in [0.15, 0.2) is 71.4 Å². The van der Waals surface area contributed by atoms with Crippen molar-refractivity contribution in [1.29, 1.82) is 0 Å². The van der Waals surface area contributed by atoms with Gasteiger partial charge in [-0.15, -0.1) is 0 Å². The zero-order valence-electron chi connectivity index (χ0n) is 17.4. The van der Waals surface area contributed by atoms with Gasteiger partial charge in [-0.2, -0.15) is 0 Å². The Kier molecular flexibility index (Phi) is 5.42. The fourth-order valence-corrected chi connectivity index (χ4v) is 4.00. The number of amides is 3. The number of nitrogens with zero attached hydrogens (tertiary/aromatic N) is 3. The first-order valence-electron chi connectivity index (χ1n) is 10.0. The summed E-state index contributed by atoms with van der Waals surface area (Å²) < 4.78 is 5.07. The van der Waals surface area contributed by atoms with Crippen LogP contribution in [-0.4, -0.2) is 46.8 Å². The summed E-state index contributed by atoms with van der Waals surface area (Å²) in [5.41, 5.74) is 1.50. The number of carbonyl (C=O) groups excluding carboxylic acids is 3. The fourth-order valence-electron chi connectivity index (χ4n) is 4.00. The number of benzene rings is 2. The number of hydrogen-bond acceptors (Lipinski definition) is 5. The number of aromatic nitrogens is 1. The smallest absolute Gasteiger partial charge is 0.240 e. The van der Waals surface area contributed by atoms with Crippen molar-refractivity contribution >= 4 is 17.7 Å². The van der Waals surface area contributed by atoms with Crippen LogP contribution >= 0.6 is 0 Å². The molecular weight excluding hydrogens is 394 g/mol. The predicted molar refractivity (Wildman–Crippen MR) is 114 cm³/mol. The van der Waals surface area contributed by atoms with Gasteiger partial charge in [0.05, 0.1) is 18.2 Å². The molecule has 3 amide bonds. The Morgan fingerprint density at radius 1 is 1.06 bits per heavy atom. The molecule has 0 aliphatic carbocycles. The Hall–Kier alpha value is -3.74. The van der Waals surface area contributed by atoms with Crippen molar-refractivity contribution in [2.45, 2.75) is 24.8 Å². The molecule has 0 saturated carbocycles. The predicted octanol–water partition coefficient (Wildman–Crippen LogP) is 3.02. The van der Waals surface area contributed by atoms with Crippen LogP contribution < -0.4 is 0 Å². The Bertz CT molecular complexity index is 1090. The Morgan fingerprint density at radius 3 is 2.32 bits per heavy atom. The second-order valence-corrected chi connectivity index (χ2v) is 7.87. The molecule has 0 radical (unpaired) electrons. The van der Waals surface area contributed by atoms with E-state index in [9.17, 15) is 14.4 Å². The van der Waals surface area contributed by atoms with Crippen LogP contribution in [0.5, 0.6) is 0 Å². The van der Waals surface area contributed by atoms with E-state index in [1.807, 2.05) is 54.6 Å². The highest BCUT2D eigenvalue weighted by Gasteiger charge is 2.52. The van der Waals surface area contributed by atoms with Gasteiger partial charge >= 0.3 is 0 Å². The summed E-state index contributed by atoms with van der Waals surface area (Å²) in [6, 6.07) is 19.1. The van der Waals surface area contributed by atoms with Gasteiger partial charge in [0.15, 0.2) is 5.76 Å². The molecule has 7 nitrogen and oxygen atoms in total. The lowest BCUT2D eigenvalue weighted by Gasteiger charge is -2.28. The summed E-state index contributed by atoms with van der Waals surface area (Å²) in [5.74, 6) is -0.350. The molecule has 0 bridgehead atoms. The average molecular weight is 417 g/mol. The largest absolute Gasteiger partial charge is 0.360 e. The van der Waals surface area contributed by atoms with Gasteiger partial charge in [0, 0.05) is 33.0 Å². The van der Waals surface area contributed by atoms with E-state index in [-0.39, 0.29) is 37.1 Å². The molecule has 2 heterocycles. The summed E-state index contributed by atoms with van der Waals surface area (Å²) in [6.45, 7) is 0.236. The van der Waals surface area contributed by atoms with E-state index in [1.165, 1.54) is 18.1 Å². The highest BCUT2D eigenvalue weighted by atomic mass is 16.5. The van der Waals surface area contributed by atoms with Crippen LogP contribution in [0.3, 0.4) is 0 Å². The number of hydrogen-bond donors (Lipinski definition) is 0. The SMILES string of the molecule is CN(Cc1ccno1)C(=O)C[C@]1(c2ccc(-c3ccccc3)cc2)CC(=O)N(C)C1=O. The first-order valence-corrected chi connectivity index (χ1v) is 10.0. The second-order valence-electron chi connectivity index (χ2n) is 7.87. The number of likely N-dealkylation sites (tertiary alicyclic amines) is 1. The molecule has 1 aliphatic rings. The summed E-state index contributed by atoms with van der Waals surface area (Å²) in [5, 5.41) is 3.65. The minimum Gasteiger partial charge on any atom is -0.360 e. The monoisotopic (exact) mass is 417 g/mol. The molecule has 7 heteroatoms. The summed E-state index contributed by atoms with van der Waals surface area (Å²) in [6.07, 6.45) is 1.38. The number of likely N-dealkylation sites (N-methyl/N-ethyl adjacent to an activating group) is 1. The second kappa shape index (κ2) is 8.18. The lowest BCUT2D eigenvalue weighted by Crippen LogP contribution is -2.41. The van der Waals surface area contributed by atoms with Crippen molar-refractivity contribution < 1.29 is 18.9 Å².